The summed E-state index contributed by atoms with van der Waals surface area (Å²) in [6, 6.07) is 4.58. The van der Waals surface area contributed by atoms with Crippen LogP contribution in [-0.2, 0) is 16.6 Å². The van der Waals surface area contributed by atoms with E-state index in [4.69, 9.17) is 5.11 Å². The average molecular weight is 360 g/mol. The third kappa shape index (κ3) is 2.87. The summed E-state index contributed by atoms with van der Waals surface area (Å²) in [5, 5.41) is 15.7. The number of nitrogens with zero attached hydrogens (tertiary/aromatic N) is 1. The molecule has 8 heteroatoms. The molecule has 0 bridgehead atoms. The highest BCUT2D eigenvalue weighted by molar-refractivity contribution is 9.10. The Kier molecular flexibility index (Phi) is 4.17. The van der Waals surface area contributed by atoms with E-state index in [2.05, 4.69) is 30.8 Å². The maximum Gasteiger partial charge on any atom is 0.263 e. The number of aliphatic hydroxyl groups excluding tert-OH is 1. The van der Waals surface area contributed by atoms with Crippen molar-refractivity contribution in [3.8, 4) is 0 Å². The molecule has 6 nitrogen and oxygen atoms in total. The van der Waals surface area contributed by atoms with Crippen LogP contribution in [0.5, 0.6) is 0 Å². The van der Waals surface area contributed by atoms with Gasteiger partial charge >= 0.3 is 0 Å². The van der Waals surface area contributed by atoms with Gasteiger partial charge in [-0.25, -0.2) is 8.42 Å². The molecule has 0 saturated carbocycles. The molecule has 0 aliphatic heterocycles. The van der Waals surface area contributed by atoms with Crippen LogP contribution < -0.4 is 4.72 Å². The van der Waals surface area contributed by atoms with Crippen LogP contribution in [0.25, 0.3) is 0 Å². The van der Waals surface area contributed by atoms with Gasteiger partial charge in [0.1, 0.15) is 4.90 Å². The van der Waals surface area contributed by atoms with Gasteiger partial charge < -0.3 is 5.11 Å². The van der Waals surface area contributed by atoms with E-state index in [9.17, 15) is 8.42 Å². The lowest BCUT2D eigenvalue weighted by Gasteiger charge is -2.10. The van der Waals surface area contributed by atoms with Crippen LogP contribution in [0.4, 0.5) is 5.69 Å². The van der Waals surface area contributed by atoms with E-state index in [-0.39, 0.29) is 11.5 Å². The first-order chi connectivity index (χ1) is 9.35. The minimum Gasteiger partial charge on any atom is -0.392 e. The zero-order chi connectivity index (χ0) is 14.9. The Bertz CT molecular complexity index is 721. The standard InChI is InChI=1S/C12H14BrN3O3S/c1-7-12(8(2)15-14-7)16-20(18,19)11-4-3-9(6-17)5-10(11)13/h3-5,16-17H,6H2,1-2H3,(H,14,15). The molecule has 108 valence electrons. The van der Waals surface area contributed by atoms with Gasteiger partial charge in [0.15, 0.2) is 0 Å². The van der Waals surface area contributed by atoms with Gasteiger partial charge in [0.05, 0.1) is 23.7 Å². The molecule has 1 heterocycles. The lowest BCUT2D eigenvalue weighted by Crippen LogP contribution is -2.14. The SMILES string of the molecule is Cc1n[nH]c(C)c1NS(=O)(=O)c1ccc(CO)cc1Br. The van der Waals surface area contributed by atoms with Gasteiger partial charge in [-0.2, -0.15) is 5.10 Å². The second kappa shape index (κ2) is 5.55. The van der Waals surface area contributed by atoms with Gasteiger partial charge in [-0.1, -0.05) is 6.07 Å². The Morgan fingerprint density at radius 1 is 1.40 bits per heavy atom. The number of hydrogen-bond donors (Lipinski definition) is 3. The van der Waals surface area contributed by atoms with Gasteiger partial charge in [-0.05, 0) is 47.5 Å². The zero-order valence-electron chi connectivity index (χ0n) is 10.9. The number of aryl methyl sites for hydroxylation is 2. The summed E-state index contributed by atoms with van der Waals surface area (Å²) >= 11 is 3.21. The first-order valence-electron chi connectivity index (χ1n) is 5.79. The number of H-pyrrole nitrogens is 1. The van der Waals surface area contributed by atoms with Gasteiger partial charge in [-0.15, -0.1) is 0 Å². The zero-order valence-corrected chi connectivity index (χ0v) is 13.3. The van der Waals surface area contributed by atoms with E-state index in [1.165, 1.54) is 6.07 Å². The lowest BCUT2D eigenvalue weighted by atomic mass is 10.2. The number of halogens is 1. The van der Waals surface area contributed by atoms with Crippen LogP contribution in [0, 0.1) is 13.8 Å². The van der Waals surface area contributed by atoms with Crippen LogP contribution in [0.3, 0.4) is 0 Å². The molecule has 2 aromatic rings. The maximum absolute atomic E-state index is 12.4. The van der Waals surface area contributed by atoms with Crippen molar-refractivity contribution in [2.24, 2.45) is 0 Å². The summed E-state index contributed by atoms with van der Waals surface area (Å²) < 4.78 is 27.7. The predicted octanol–water partition coefficient (Wildman–Crippen LogP) is 2.08. The van der Waals surface area contributed by atoms with Crippen molar-refractivity contribution in [3.05, 3.63) is 39.6 Å². The Balaban J connectivity index is 2.41. The van der Waals surface area contributed by atoms with E-state index < -0.39 is 10.0 Å². The van der Waals surface area contributed by atoms with Crippen molar-refractivity contribution in [3.63, 3.8) is 0 Å². The Morgan fingerprint density at radius 3 is 2.60 bits per heavy atom. The summed E-state index contributed by atoms with van der Waals surface area (Å²) in [5.74, 6) is 0. The van der Waals surface area contributed by atoms with Gasteiger partial charge in [0, 0.05) is 4.47 Å². The van der Waals surface area contributed by atoms with Crippen molar-refractivity contribution in [1.82, 2.24) is 10.2 Å². The van der Waals surface area contributed by atoms with Crippen molar-refractivity contribution in [2.75, 3.05) is 4.72 Å². The minimum atomic E-state index is -3.72. The fourth-order valence-corrected chi connectivity index (χ4v) is 4.06. The van der Waals surface area contributed by atoms with Crippen molar-refractivity contribution in [2.45, 2.75) is 25.3 Å². The number of aliphatic hydroxyl groups is 1. The summed E-state index contributed by atoms with van der Waals surface area (Å²) in [6.07, 6.45) is 0. The second-order valence-electron chi connectivity index (χ2n) is 4.34. The van der Waals surface area contributed by atoms with Crippen LogP contribution in [0.1, 0.15) is 17.0 Å². The number of rotatable bonds is 4. The first kappa shape index (κ1) is 15.0. The molecule has 20 heavy (non-hydrogen) atoms. The van der Waals surface area contributed by atoms with Gasteiger partial charge in [0.2, 0.25) is 0 Å². The average Bonchev–Trinajstić information content (AvgIpc) is 2.69. The fourth-order valence-electron chi connectivity index (χ4n) is 1.75. The molecule has 0 fully saturated rings. The Hall–Kier alpha value is -1.38. The molecular formula is C12H14BrN3O3S. The highest BCUT2D eigenvalue weighted by Gasteiger charge is 2.20. The van der Waals surface area contributed by atoms with Gasteiger partial charge in [-0.3, -0.25) is 9.82 Å². The summed E-state index contributed by atoms with van der Waals surface area (Å²) in [7, 11) is -3.72. The number of sulfonamides is 1. The van der Waals surface area contributed by atoms with Crippen LogP contribution in [-0.4, -0.2) is 23.7 Å². The molecular weight excluding hydrogens is 346 g/mol. The third-order valence-corrected chi connectivity index (χ3v) is 5.16. The molecule has 0 spiro atoms. The molecule has 0 aliphatic rings. The van der Waals surface area contributed by atoms with E-state index in [0.29, 0.717) is 27.1 Å². The van der Waals surface area contributed by atoms with Crippen molar-refractivity contribution >= 4 is 31.6 Å². The highest BCUT2D eigenvalue weighted by atomic mass is 79.9. The molecule has 1 aromatic carbocycles. The molecule has 0 atom stereocenters. The van der Waals surface area contributed by atoms with E-state index >= 15 is 0 Å². The Labute approximate surface area is 125 Å². The normalized spacial score (nSPS) is 11.6. The molecule has 3 N–H and O–H groups in total. The second-order valence-corrected chi connectivity index (χ2v) is 6.84. The molecule has 1 aromatic heterocycles. The largest absolute Gasteiger partial charge is 0.392 e. The number of nitrogens with one attached hydrogen (secondary N) is 2. The van der Waals surface area contributed by atoms with Crippen LogP contribution >= 0.6 is 15.9 Å². The molecule has 0 amide bonds. The fraction of sp³-hybridized carbons (Fsp3) is 0.250. The predicted molar refractivity (Wildman–Crippen MR) is 78.9 cm³/mol. The number of hydrogen-bond acceptors (Lipinski definition) is 4. The van der Waals surface area contributed by atoms with Crippen molar-refractivity contribution < 1.29 is 13.5 Å². The molecule has 0 aliphatic carbocycles. The third-order valence-electron chi connectivity index (χ3n) is 2.83. The van der Waals surface area contributed by atoms with Gasteiger partial charge in [0.25, 0.3) is 10.0 Å². The minimum absolute atomic E-state index is 0.106. The molecule has 0 saturated heterocycles. The quantitative estimate of drug-likeness (QED) is 0.778. The van der Waals surface area contributed by atoms with E-state index in [1.807, 2.05) is 0 Å². The summed E-state index contributed by atoms with van der Waals surface area (Å²) in [4.78, 5) is 0.106. The summed E-state index contributed by atoms with van der Waals surface area (Å²) in [5.41, 5.74) is 2.30. The molecule has 2 rings (SSSR count). The number of aromatic amines is 1. The topological polar surface area (TPSA) is 95.1 Å². The number of anilines is 1. The molecule has 0 radical (unpaired) electrons. The maximum atomic E-state index is 12.4. The number of aromatic nitrogens is 2. The van der Waals surface area contributed by atoms with E-state index in [1.54, 1.807) is 26.0 Å². The first-order valence-corrected chi connectivity index (χ1v) is 8.06. The Morgan fingerprint density at radius 2 is 2.10 bits per heavy atom. The lowest BCUT2D eigenvalue weighted by molar-refractivity contribution is 0.281. The number of benzene rings is 1. The molecule has 0 unspecified atom stereocenters. The van der Waals surface area contributed by atoms with Crippen molar-refractivity contribution in [1.29, 1.82) is 0 Å². The van der Waals surface area contributed by atoms with Crippen LogP contribution in [0.2, 0.25) is 0 Å². The summed E-state index contributed by atoms with van der Waals surface area (Å²) in [6.45, 7) is 3.30. The monoisotopic (exact) mass is 359 g/mol. The highest BCUT2D eigenvalue weighted by Crippen LogP contribution is 2.27. The van der Waals surface area contributed by atoms with Crippen LogP contribution in [0.15, 0.2) is 27.6 Å². The van der Waals surface area contributed by atoms with E-state index in [0.717, 1.165) is 0 Å². The smallest absolute Gasteiger partial charge is 0.263 e.